The molecule has 1 aromatic carbocycles. The number of amides is 2. The van der Waals surface area contributed by atoms with Gasteiger partial charge in [0.2, 0.25) is 0 Å². The fraction of sp³-hybridized carbons (Fsp3) is 0. The number of nitrogens with two attached hydrogens (primary N) is 2. The number of fused-ring (bicyclic) bond motifs is 1. The van der Waals surface area contributed by atoms with Gasteiger partial charge in [0.1, 0.15) is 0 Å². The number of aromatic nitrogens is 2. The van der Waals surface area contributed by atoms with Gasteiger partial charge in [-0.05, 0) is 12.1 Å². The Hall–Kier alpha value is -2.24. The Bertz CT molecular complexity index is 489. The summed E-state index contributed by atoms with van der Waals surface area (Å²) in [6.07, 6.45) is 0. The third kappa shape index (κ3) is 1.22. The predicted molar refractivity (Wildman–Crippen MR) is 53.1 cm³/mol. The molecule has 0 unspecified atom stereocenters. The average Bonchev–Trinajstić information content (AvgIpc) is 2.44. The monoisotopic (exact) mass is 191 g/mol. The molecule has 0 atom stereocenters. The summed E-state index contributed by atoms with van der Waals surface area (Å²) in [5, 5.41) is 7.07. The molecule has 0 aliphatic heterocycles. The number of benzene rings is 1. The molecule has 6 heteroatoms. The normalized spacial score (nSPS) is 10.3. The highest BCUT2D eigenvalue weighted by molar-refractivity contribution is 5.98. The molecule has 2 aromatic rings. The lowest BCUT2D eigenvalue weighted by Gasteiger charge is -1.94. The van der Waals surface area contributed by atoms with Crippen molar-refractivity contribution in [2.75, 3.05) is 11.2 Å². The van der Waals surface area contributed by atoms with Gasteiger partial charge in [0.25, 0.3) is 0 Å². The van der Waals surface area contributed by atoms with Crippen molar-refractivity contribution in [1.82, 2.24) is 9.89 Å². The maximum Gasteiger partial charge on any atom is 0.317 e. The van der Waals surface area contributed by atoms with Gasteiger partial charge >= 0.3 is 6.03 Å². The molecular formula is C8H9N5O. The van der Waals surface area contributed by atoms with Crippen molar-refractivity contribution in [3.05, 3.63) is 24.3 Å². The molecule has 0 aliphatic carbocycles. The van der Waals surface area contributed by atoms with Crippen LogP contribution < -0.4 is 16.9 Å². The summed E-state index contributed by atoms with van der Waals surface area (Å²) in [5.41, 5.74) is 5.72. The Morgan fingerprint density at radius 2 is 2.14 bits per heavy atom. The zero-order chi connectivity index (χ0) is 10.1. The van der Waals surface area contributed by atoms with Gasteiger partial charge in [-0.1, -0.05) is 12.1 Å². The van der Waals surface area contributed by atoms with E-state index in [1.54, 1.807) is 12.1 Å². The molecule has 0 bridgehead atoms. The van der Waals surface area contributed by atoms with E-state index in [0.717, 1.165) is 10.9 Å². The van der Waals surface area contributed by atoms with Gasteiger partial charge in [-0.3, -0.25) is 5.32 Å². The van der Waals surface area contributed by atoms with E-state index in [0.29, 0.717) is 5.82 Å². The largest absolute Gasteiger partial charge is 0.351 e. The predicted octanol–water partition coefficient (Wildman–Crippen LogP) is 0.241. The van der Waals surface area contributed by atoms with Crippen molar-refractivity contribution in [2.24, 2.45) is 5.73 Å². The summed E-state index contributed by atoms with van der Waals surface area (Å²) in [6.45, 7) is 0. The summed E-state index contributed by atoms with van der Waals surface area (Å²) in [7, 11) is 0. The summed E-state index contributed by atoms with van der Waals surface area (Å²) in [5.74, 6) is 5.94. The van der Waals surface area contributed by atoms with Crippen molar-refractivity contribution in [1.29, 1.82) is 0 Å². The van der Waals surface area contributed by atoms with Gasteiger partial charge in [0, 0.05) is 5.39 Å². The van der Waals surface area contributed by atoms with Crippen LogP contribution in [-0.4, -0.2) is 15.9 Å². The van der Waals surface area contributed by atoms with Crippen molar-refractivity contribution in [3.63, 3.8) is 0 Å². The maximum absolute atomic E-state index is 10.6. The summed E-state index contributed by atoms with van der Waals surface area (Å²) >= 11 is 0. The van der Waals surface area contributed by atoms with Gasteiger partial charge in [-0.2, -0.15) is 4.79 Å². The zero-order valence-corrected chi connectivity index (χ0v) is 7.27. The van der Waals surface area contributed by atoms with Gasteiger partial charge < -0.3 is 11.6 Å². The van der Waals surface area contributed by atoms with Crippen molar-refractivity contribution in [2.45, 2.75) is 0 Å². The molecule has 2 amide bonds. The zero-order valence-electron chi connectivity index (χ0n) is 7.27. The van der Waals surface area contributed by atoms with Crippen LogP contribution in [0.15, 0.2) is 24.3 Å². The number of para-hydroxylation sites is 1. The first kappa shape index (κ1) is 8.36. The maximum atomic E-state index is 10.6. The number of carbonyl (C=O) groups is 1. The number of nitrogen functional groups attached to an aromatic ring is 1. The summed E-state index contributed by atoms with van der Waals surface area (Å²) in [4.78, 5) is 11.8. The van der Waals surface area contributed by atoms with Gasteiger partial charge in [-0.15, -0.1) is 5.10 Å². The molecule has 0 saturated carbocycles. The topological polar surface area (TPSA) is 99.0 Å². The number of carbonyl (C=O) groups excluding carboxylic acids is 1. The second-order valence-electron chi connectivity index (χ2n) is 2.80. The van der Waals surface area contributed by atoms with Crippen LogP contribution in [0.4, 0.5) is 10.6 Å². The quantitative estimate of drug-likeness (QED) is 0.563. The van der Waals surface area contributed by atoms with E-state index in [1.807, 2.05) is 12.1 Å². The molecule has 1 heterocycles. The smallest absolute Gasteiger partial charge is 0.317 e. The Kier molecular flexibility index (Phi) is 1.74. The number of primary amides is 1. The van der Waals surface area contributed by atoms with Crippen LogP contribution in [0.3, 0.4) is 0 Å². The van der Waals surface area contributed by atoms with Crippen LogP contribution in [0.25, 0.3) is 10.9 Å². The number of rotatable bonds is 1. The van der Waals surface area contributed by atoms with E-state index in [4.69, 9.17) is 11.6 Å². The second-order valence-corrected chi connectivity index (χ2v) is 2.80. The number of nitrogens with zero attached hydrogens (tertiary/aromatic N) is 2. The Morgan fingerprint density at radius 3 is 2.86 bits per heavy atom. The number of urea groups is 1. The molecule has 0 saturated heterocycles. The Labute approximate surface area is 79.4 Å². The molecule has 5 N–H and O–H groups in total. The SMILES string of the molecule is NC(=O)Nc1nn(N)c2ccccc12. The van der Waals surface area contributed by atoms with Gasteiger partial charge in [0.05, 0.1) is 5.52 Å². The molecule has 0 spiro atoms. The van der Waals surface area contributed by atoms with Crippen molar-refractivity contribution < 1.29 is 4.79 Å². The van der Waals surface area contributed by atoms with Gasteiger partial charge in [0.15, 0.2) is 5.82 Å². The summed E-state index contributed by atoms with van der Waals surface area (Å²) < 4.78 is 0. The first-order chi connectivity index (χ1) is 6.68. The fourth-order valence-electron chi connectivity index (χ4n) is 1.30. The molecule has 72 valence electrons. The second kappa shape index (κ2) is 2.91. The van der Waals surface area contributed by atoms with E-state index in [1.165, 1.54) is 4.79 Å². The minimum absolute atomic E-state index is 0.371. The third-order valence-corrected chi connectivity index (χ3v) is 1.86. The number of hydrogen-bond donors (Lipinski definition) is 3. The van der Waals surface area contributed by atoms with Crippen molar-refractivity contribution in [3.8, 4) is 0 Å². The standard InChI is InChI=1S/C8H9N5O/c9-8(14)11-7-5-3-1-2-4-6(5)13(10)12-7/h1-4H,10H2,(H3,9,11,12,14). The average molecular weight is 191 g/mol. The molecule has 0 aliphatic rings. The van der Waals surface area contributed by atoms with Crippen LogP contribution >= 0.6 is 0 Å². The van der Waals surface area contributed by atoms with Crippen LogP contribution in [0.5, 0.6) is 0 Å². The van der Waals surface area contributed by atoms with Crippen LogP contribution in [0, 0.1) is 0 Å². The third-order valence-electron chi connectivity index (χ3n) is 1.86. The van der Waals surface area contributed by atoms with E-state index < -0.39 is 6.03 Å². The van der Waals surface area contributed by atoms with E-state index in [9.17, 15) is 4.79 Å². The lowest BCUT2D eigenvalue weighted by Crippen LogP contribution is -2.20. The molecule has 2 rings (SSSR count). The summed E-state index contributed by atoms with van der Waals surface area (Å²) in [6, 6.07) is 6.61. The van der Waals surface area contributed by atoms with Crippen molar-refractivity contribution >= 4 is 22.8 Å². The molecule has 0 radical (unpaired) electrons. The van der Waals surface area contributed by atoms with Crippen LogP contribution in [0.1, 0.15) is 0 Å². The van der Waals surface area contributed by atoms with Crippen LogP contribution in [0.2, 0.25) is 0 Å². The van der Waals surface area contributed by atoms with E-state index >= 15 is 0 Å². The lowest BCUT2D eigenvalue weighted by molar-refractivity contribution is 0.259. The minimum atomic E-state index is -0.658. The molecule has 0 fully saturated rings. The fourth-order valence-corrected chi connectivity index (χ4v) is 1.30. The van der Waals surface area contributed by atoms with Crippen LogP contribution in [-0.2, 0) is 0 Å². The number of anilines is 1. The number of hydrogen-bond acceptors (Lipinski definition) is 3. The number of nitrogens with one attached hydrogen (secondary N) is 1. The lowest BCUT2D eigenvalue weighted by atomic mass is 10.2. The molecule has 1 aromatic heterocycles. The Morgan fingerprint density at radius 1 is 1.43 bits per heavy atom. The Balaban J connectivity index is 2.60. The highest BCUT2D eigenvalue weighted by Crippen LogP contribution is 2.20. The minimum Gasteiger partial charge on any atom is -0.351 e. The molecule has 14 heavy (non-hydrogen) atoms. The molecular weight excluding hydrogens is 182 g/mol. The van der Waals surface area contributed by atoms with E-state index in [2.05, 4.69) is 10.4 Å². The van der Waals surface area contributed by atoms with Gasteiger partial charge in [-0.25, -0.2) is 4.79 Å². The highest BCUT2D eigenvalue weighted by Gasteiger charge is 2.08. The highest BCUT2D eigenvalue weighted by atomic mass is 16.2. The first-order valence-electron chi connectivity index (χ1n) is 3.98. The van der Waals surface area contributed by atoms with E-state index in [-0.39, 0.29) is 0 Å². The first-order valence-corrected chi connectivity index (χ1v) is 3.98. The molecule has 6 nitrogen and oxygen atoms in total.